The average Bonchev–Trinajstić information content (AvgIpc) is 2.71. The quantitative estimate of drug-likeness (QED) is 0.549. The van der Waals surface area contributed by atoms with Gasteiger partial charge < -0.3 is 4.74 Å². The van der Waals surface area contributed by atoms with Gasteiger partial charge in [-0.1, -0.05) is 44.0 Å². The summed E-state index contributed by atoms with van der Waals surface area (Å²) in [6.07, 6.45) is 1.35. The molecule has 1 aromatic carbocycles. The van der Waals surface area contributed by atoms with Crippen LogP contribution < -0.4 is 9.64 Å². The fraction of sp³-hybridized carbons (Fsp3) is 0.467. The molecule has 2 fully saturated rings. The number of fused-ring (bicyclic) bond motifs is 1. The molecule has 0 spiro atoms. The van der Waals surface area contributed by atoms with Gasteiger partial charge in [-0.05, 0) is 25.0 Å². The summed E-state index contributed by atoms with van der Waals surface area (Å²) in [6.45, 7) is 0. The number of hydrogen-bond donors (Lipinski definition) is 0. The molecule has 1 saturated heterocycles. The molecule has 112 valence electrons. The van der Waals surface area contributed by atoms with Crippen molar-refractivity contribution in [1.29, 1.82) is 0 Å². The first-order valence-corrected chi connectivity index (χ1v) is 8.66. The molecule has 0 aromatic heterocycles. The topological polar surface area (TPSA) is 46.6 Å². The van der Waals surface area contributed by atoms with Gasteiger partial charge in [-0.2, -0.15) is 0 Å². The van der Waals surface area contributed by atoms with Crippen molar-refractivity contribution in [1.82, 2.24) is 0 Å². The second-order valence-corrected chi connectivity index (χ2v) is 7.75. The highest BCUT2D eigenvalue weighted by molar-refractivity contribution is 9.12. The molecule has 1 aliphatic carbocycles. The summed E-state index contributed by atoms with van der Waals surface area (Å²) in [5.41, 5.74) is 0.543. The van der Waals surface area contributed by atoms with Crippen molar-refractivity contribution in [2.45, 2.75) is 22.5 Å². The van der Waals surface area contributed by atoms with Crippen LogP contribution in [0.1, 0.15) is 12.8 Å². The van der Waals surface area contributed by atoms with E-state index in [1.807, 2.05) is 6.07 Å². The second kappa shape index (κ2) is 5.72. The van der Waals surface area contributed by atoms with E-state index in [0.717, 1.165) is 0 Å². The summed E-state index contributed by atoms with van der Waals surface area (Å²) in [7, 11) is 1.54. The number of amides is 2. The summed E-state index contributed by atoms with van der Waals surface area (Å²) in [5, 5.41) is 0. The predicted octanol–water partition coefficient (Wildman–Crippen LogP) is 3.12. The summed E-state index contributed by atoms with van der Waals surface area (Å²) in [6, 6.07) is 7.14. The second-order valence-electron chi connectivity index (χ2n) is 5.40. The summed E-state index contributed by atoms with van der Waals surface area (Å²) in [5.74, 6) is -0.151. The van der Waals surface area contributed by atoms with Crippen LogP contribution >= 0.6 is 31.9 Å². The lowest BCUT2D eigenvalue weighted by Gasteiger charge is -2.29. The molecule has 2 amide bonds. The van der Waals surface area contributed by atoms with Crippen LogP contribution in [-0.4, -0.2) is 28.6 Å². The molecule has 1 saturated carbocycles. The molecule has 1 aromatic rings. The van der Waals surface area contributed by atoms with Gasteiger partial charge in [-0.25, -0.2) is 4.90 Å². The number of carbonyl (C=O) groups is 2. The van der Waals surface area contributed by atoms with E-state index in [1.165, 1.54) is 4.90 Å². The van der Waals surface area contributed by atoms with Crippen LogP contribution in [0.5, 0.6) is 5.75 Å². The Kier molecular flexibility index (Phi) is 4.10. The van der Waals surface area contributed by atoms with Crippen LogP contribution in [0, 0.1) is 11.8 Å². The van der Waals surface area contributed by atoms with E-state index in [9.17, 15) is 9.59 Å². The van der Waals surface area contributed by atoms with Crippen molar-refractivity contribution in [2.75, 3.05) is 12.0 Å². The Morgan fingerprint density at radius 1 is 1.05 bits per heavy atom. The Morgan fingerprint density at radius 3 is 2.10 bits per heavy atom. The molecule has 0 radical (unpaired) electrons. The number of ether oxygens (including phenoxy) is 1. The number of rotatable bonds is 2. The third kappa shape index (κ3) is 2.42. The highest BCUT2D eigenvalue weighted by atomic mass is 79.9. The van der Waals surface area contributed by atoms with Crippen LogP contribution in [-0.2, 0) is 9.59 Å². The lowest BCUT2D eigenvalue weighted by Crippen LogP contribution is -2.34. The zero-order valence-electron chi connectivity index (χ0n) is 11.5. The highest BCUT2D eigenvalue weighted by Crippen LogP contribution is 2.45. The van der Waals surface area contributed by atoms with Crippen molar-refractivity contribution >= 4 is 49.4 Å². The molecule has 0 unspecified atom stereocenters. The van der Waals surface area contributed by atoms with Crippen molar-refractivity contribution in [3.05, 3.63) is 24.3 Å². The van der Waals surface area contributed by atoms with Gasteiger partial charge in [0, 0.05) is 9.65 Å². The Bertz CT molecular complexity index is 564. The molecular formula is C15H15Br2NO3. The number of para-hydroxylation sites is 2. The maximum absolute atomic E-state index is 12.7. The van der Waals surface area contributed by atoms with Gasteiger partial charge in [0.1, 0.15) is 5.75 Å². The maximum Gasteiger partial charge on any atom is 0.237 e. The third-order valence-electron chi connectivity index (χ3n) is 4.24. The standard InChI is InChI=1S/C15H15Br2NO3/c1-21-13-5-3-2-4-12(13)18-14(19)8-6-10(16)11(17)7-9(8)15(18)20/h2-5,8-11H,6-7H2,1H3/t8-,9+,10-,11-/m1/s1. The molecule has 0 N–H and O–H groups in total. The van der Waals surface area contributed by atoms with Crippen LogP contribution in [0.4, 0.5) is 5.69 Å². The van der Waals surface area contributed by atoms with Crippen molar-refractivity contribution < 1.29 is 14.3 Å². The predicted molar refractivity (Wildman–Crippen MR) is 87.1 cm³/mol. The SMILES string of the molecule is COc1ccccc1N1C(=O)[C@H]2C[C@@H](Br)[C@H](Br)C[C@H]2C1=O. The van der Waals surface area contributed by atoms with Gasteiger partial charge in [-0.15, -0.1) is 0 Å². The number of hydrogen-bond acceptors (Lipinski definition) is 3. The van der Waals surface area contributed by atoms with E-state index in [-0.39, 0.29) is 33.3 Å². The smallest absolute Gasteiger partial charge is 0.237 e. The molecular weight excluding hydrogens is 402 g/mol. The normalized spacial score (nSPS) is 32.2. The van der Waals surface area contributed by atoms with Crippen LogP contribution in [0.2, 0.25) is 0 Å². The molecule has 1 aliphatic heterocycles. The van der Waals surface area contributed by atoms with Crippen LogP contribution in [0.15, 0.2) is 24.3 Å². The monoisotopic (exact) mass is 415 g/mol. The zero-order valence-corrected chi connectivity index (χ0v) is 14.6. The molecule has 3 rings (SSSR count). The Hall–Kier alpha value is -0.880. The van der Waals surface area contributed by atoms with E-state index in [2.05, 4.69) is 31.9 Å². The number of alkyl halides is 2. The number of anilines is 1. The molecule has 0 bridgehead atoms. The lowest BCUT2D eigenvalue weighted by atomic mass is 9.81. The molecule has 2 aliphatic rings. The maximum atomic E-state index is 12.7. The van der Waals surface area contributed by atoms with Crippen LogP contribution in [0.3, 0.4) is 0 Å². The summed E-state index contributed by atoms with van der Waals surface area (Å²) >= 11 is 7.18. The number of methoxy groups -OCH3 is 1. The summed E-state index contributed by atoms with van der Waals surface area (Å²) < 4.78 is 5.29. The van der Waals surface area contributed by atoms with Gasteiger partial charge >= 0.3 is 0 Å². The number of imide groups is 1. The Morgan fingerprint density at radius 2 is 1.57 bits per heavy atom. The number of nitrogens with zero attached hydrogens (tertiary/aromatic N) is 1. The van der Waals surface area contributed by atoms with E-state index in [1.54, 1.807) is 25.3 Å². The molecule has 4 atom stereocenters. The lowest BCUT2D eigenvalue weighted by molar-refractivity contribution is -0.122. The van der Waals surface area contributed by atoms with Crippen molar-refractivity contribution in [3.63, 3.8) is 0 Å². The molecule has 4 nitrogen and oxygen atoms in total. The average molecular weight is 417 g/mol. The largest absolute Gasteiger partial charge is 0.495 e. The van der Waals surface area contributed by atoms with Gasteiger partial charge in [-0.3, -0.25) is 9.59 Å². The zero-order chi connectivity index (χ0) is 15.1. The third-order valence-corrected chi connectivity index (χ3v) is 6.97. The summed E-state index contributed by atoms with van der Waals surface area (Å²) in [4.78, 5) is 27.1. The van der Waals surface area contributed by atoms with E-state index < -0.39 is 0 Å². The minimum absolute atomic E-state index is 0.113. The van der Waals surface area contributed by atoms with E-state index >= 15 is 0 Å². The van der Waals surface area contributed by atoms with Gasteiger partial charge in [0.05, 0.1) is 24.6 Å². The highest BCUT2D eigenvalue weighted by Gasteiger charge is 2.52. The fourth-order valence-electron chi connectivity index (χ4n) is 3.15. The van der Waals surface area contributed by atoms with Gasteiger partial charge in [0.25, 0.3) is 0 Å². The Labute approximate surface area is 140 Å². The van der Waals surface area contributed by atoms with Crippen molar-refractivity contribution in [2.24, 2.45) is 11.8 Å². The molecule has 6 heteroatoms. The first-order valence-electron chi connectivity index (χ1n) is 6.83. The van der Waals surface area contributed by atoms with E-state index in [4.69, 9.17) is 4.74 Å². The number of halogens is 2. The molecule has 21 heavy (non-hydrogen) atoms. The van der Waals surface area contributed by atoms with Gasteiger partial charge in [0.15, 0.2) is 0 Å². The van der Waals surface area contributed by atoms with Gasteiger partial charge in [0.2, 0.25) is 11.8 Å². The minimum Gasteiger partial charge on any atom is -0.495 e. The molecule has 1 heterocycles. The Balaban J connectivity index is 1.98. The first-order chi connectivity index (χ1) is 10.0. The fourth-order valence-corrected chi connectivity index (χ4v) is 4.38. The van der Waals surface area contributed by atoms with Crippen molar-refractivity contribution in [3.8, 4) is 5.75 Å². The number of benzene rings is 1. The van der Waals surface area contributed by atoms with E-state index in [0.29, 0.717) is 24.3 Å². The minimum atomic E-state index is -0.236. The number of carbonyl (C=O) groups excluding carboxylic acids is 2. The van der Waals surface area contributed by atoms with Crippen LogP contribution in [0.25, 0.3) is 0 Å². The first kappa shape index (κ1) is 15.0.